The summed E-state index contributed by atoms with van der Waals surface area (Å²) in [4.78, 5) is 22.2. The highest BCUT2D eigenvalue weighted by molar-refractivity contribution is 5.41. The van der Waals surface area contributed by atoms with Gasteiger partial charge in [-0.05, 0) is 56.7 Å². The quantitative estimate of drug-likeness (QED) is 0.811. The summed E-state index contributed by atoms with van der Waals surface area (Å²) in [6.45, 7) is 16.3. The van der Waals surface area contributed by atoms with Crippen LogP contribution in [0.1, 0.15) is 64.3 Å². The molecule has 1 atom stereocenters. The van der Waals surface area contributed by atoms with E-state index in [0.29, 0.717) is 11.3 Å². The van der Waals surface area contributed by atoms with Gasteiger partial charge in [0.2, 0.25) is 0 Å². The standard InChI is InChI=1S/C23H37N5O/c1-5-19-12-22(29)28-21(24-19)13-20(25-28)18-8-11-27(14-18)16-23(3,4)15-26-9-6-17(2)7-10-26/h12-13,17-18,25H,5-11,14-16H2,1-4H3/t18-/m0/s1. The topological polar surface area (TPSA) is 56.6 Å². The van der Waals surface area contributed by atoms with E-state index in [1.165, 1.54) is 32.5 Å². The second kappa shape index (κ2) is 8.23. The highest BCUT2D eigenvalue weighted by Crippen LogP contribution is 2.30. The SMILES string of the molecule is CCc1cc(=O)n2[nH]c([C@H]3CCN(CC(C)(C)CN4CCC(C)CC4)C3)cc2n1. The zero-order chi connectivity index (χ0) is 20.6. The number of aromatic nitrogens is 3. The molecule has 160 valence electrons. The van der Waals surface area contributed by atoms with Gasteiger partial charge in [0.25, 0.3) is 5.56 Å². The van der Waals surface area contributed by atoms with E-state index < -0.39 is 0 Å². The fraction of sp³-hybridized carbons (Fsp3) is 0.739. The van der Waals surface area contributed by atoms with Gasteiger partial charge in [0, 0.05) is 49.1 Å². The van der Waals surface area contributed by atoms with Gasteiger partial charge >= 0.3 is 0 Å². The molecule has 0 radical (unpaired) electrons. The molecule has 29 heavy (non-hydrogen) atoms. The Labute approximate surface area is 174 Å². The second-order valence-corrected chi connectivity index (χ2v) is 10.2. The molecule has 2 saturated heterocycles. The van der Waals surface area contributed by atoms with Crippen molar-refractivity contribution < 1.29 is 0 Å². The molecule has 1 N–H and O–H groups in total. The summed E-state index contributed by atoms with van der Waals surface area (Å²) < 4.78 is 1.60. The predicted molar refractivity (Wildman–Crippen MR) is 118 cm³/mol. The van der Waals surface area contributed by atoms with Crippen LogP contribution in [0.5, 0.6) is 0 Å². The number of nitrogens with zero attached hydrogens (tertiary/aromatic N) is 4. The van der Waals surface area contributed by atoms with Crippen molar-refractivity contribution in [3.05, 3.63) is 33.9 Å². The average Bonchev–Trinajstić information content (AvgIpc) is 3.30. The number of hydrogen-bond donors (Lipinski definition) is 1. The Morgan fingerprint density at radius 1 is 1.10 bits per heavy atom. The lowest BCUT2D eigenvalue weighted by molar-refractivity contribution is 0.105. The molecule has 6 nitrogen and oxygen atoms in total. The minimum Gasteiger partial charge on any atom is -0.303 e. The van der Waals surface area contributed by atoms with Crippen LogP contribution in [0, 0.1) is 11.3 Å². The fourth-order valence-corrected chi connectivity index (χ4v) is 5.16. The van der Waals surface area contributed by atoms with Crippen molar-refractivity contribution in [2.45, 2.75) is 59.3 Å². The molecule has 0 amide bonds. The minimum absolute atomic E-state index is 0.00932. The van der Waals surface area contributed by atoms with Crippen LogP contribution in [0.4, 0.5) is 0 Å². The monoisotopic (exact) mass is 399 g/mol. The van der Waals surface area contributed by atoms with E-state index in [9.17, 15) is 4.79 Å². The van der Waals surface area contributed by atoms with E-state index in [-0.39, 0.29) is 5.56 Å². The second-order valence-electron chi connectivity index (χ2n) is 10.2. The number of hydrogen-bond acceptors (Lipinski definition) is 4. The van der Waals surface area contributed by atoms with Gasteiger partial charge in [-0.1, -0.05) is 27.7 Å². The number of fused-ring (bicyclic) bond motifs is 1. The number of aryl methyl sites for hydroxylation is 1. The van der Waals surface area contributed by atoms with E-state index in [1.807, 2.05) is 6.92 Å². The Balaban J connectivity index is 1.38. The van der Waals surface area contributed by atoms with Crippen LogP contribution >= 0.6 is 0 Å². The first-order chi connectivity index (χ1) is 13.8. The van der Waals surface area contributed by atoms with Gasteiger partial charge in [0.15, 0.2) is 5.65 Å². The Morgan fingerprint density at radius 2 is 1.79 bits per heavy atom. The largest absolute Gasteiger partial charge is 0.303 e. The molecule has 2 aromatic rings. The molecular formula is C23H37N5O. The van der Waals surface area contributed by atoms with Crippen LogP contribution in [0.3, 0.4) is 0 Å². The van der Waals surface area contributed by atoms with Crippen LogP contribution in [0.25, 0.3) is 5.65 Å². The Kier molecular flexibility index (Phi) is 5.85. The van der Waals surface area contributed by atoms with Crippen molar-refractivity contribution in [3.8, 4) is 0 Å². The molecule has 4 rings (SSSR count). The molecule has 0 bridgehead atoms. The van der Waals surface area contributed by atoms with Crippen molar-refractivity contribution in [2.75, 3.05) is 39.3 Å². The van der Waals surface area contributed by atoms with Crippen LogP contribution in [-0.2, 0) is 6.42 Å². The molecule has 6 heteroatoms. The minimum atomic E-state index is -0.00932. The van der Waals surface area contributed by atoms with E-state index in [2.05, 4.69) is 46.7 Å². The summed E-state index contributed by atoms with van der Waals surface area (Å²) in [6.07, 6.45) is 4.61. The predicted octanol–water partition coefficient (Wildman–Crippen LogP) is 3.13. The zero-order valence-electron chi connectivity index (χ0n) is 18.6. The Bertz CT molecular complexity index is 890. The summed E-state index contributed by atoms with van der Waals surface area (Å²) in [6, 6.07) is 3.72. The van der Waals surface area contributed by atoms with Gasteiger partial charge < -0.3 is 9.80 Å². The molecule has 0 aromatic carbocycles. The molecule has 2 fully saturated rings. The molecule has 0 spiro atoms. The highest BCUT2D eigenvalue weighted by atomic mass is 16.1. The van der Waals surface area contributed by atoms with Gasteiger partial charge in [0.05, 0.1) is 0 Å². The van der Waals surface area contributed by atoms with Crippen LogP contribution in [0.2, 0.25) is 0 Å². The van der Waals surface area contributed by atoms with Crippen molar-refractivity contribution in [1.82, 2.24) is 24.4 Å². The van der Waals surface area contributed by atoms with E-state index in [1.54, 1.807) is 10.6 Å². The molecular weight excluding hydrogens is 362 g/mol. The summed E-state index contributed by atoms with van der Waals surface area (Å²) in [5, 5.41) is 3.32. The normalized spacial score (nSPS) is 22.7. The lowest BCUT2D eigenvalue weighted by Crippen LogP contribution is -2.44. The van der Waals surface area contributed by atoms with Crippen LogP contribution in [0.15, 0.2) is 16.9 Å². The van der Waals surface area contributed by atoms with Crippen molar-refractivity contribution >= 4 is 5.65 Å². The number of rotatable bonds is 6. The number of H-pyrrole nitrogens is 1. The van der Waals surface area contributed by atoms with Gasteiger partial charge in [0.1, 0.15) is 0 Å². The maximum Gasteiger partial charge on any atom is 0.272 e. The number of piperidine rings is 1. The van der Waals surface area contributed by atoms with Crippen molar-refractivity contribution in [1.29, 1.82) is 0 Å². The third-order valence-electron chi connectivity index (χ3n) is 6.78. The Morgan fingerprint density at radius 3 is 2.52 bits per heavy atom. The summed E-state index contributed by atoms with van der Waals surface area (Å²) in [5.74, 6) is 1.34. The maximum atomic E-state index is 12.3. The first-order valence-corrected chi connectivity index (χ1v) is 11.4. The molecule has 0 saturated carbocycles. The third kappa shape index (κ3) is 4.75. The molecule has 2 aliphatic heterocycles. The van der Waals surface area contributed by atoms with Crippen molar-refractivity contribution in [3.63, 3.8) is 0 Å². The van der Waals surface area contributed by atoms with Crippen LogP contribution in [-0.4, -0.2) is 63.7 Å². The smallest absolute Gasteiger partial charge is 0.272 e. The zero-order valence-corrected chi connectivity index (χ0v) is 18.6. The molecule has 2 aliphatic rings. The lowest BCUT2D eigenvalue weighted by Gasteiger charge is -2.38. The molecule has 0 aliphatic carbocycles. The summed E-state index contributed by atoms with van der Waals surface area (Å²) in [5.41, 5.74) is 3.05. The maximum absolute atomic E-state index is 12.3. The molecule has 2 aromatic heterocycles. The number of likely N-dealkylation sites (tertiary alicyclic amines) is 2. The first-order valence-electron chi connectivity index (χ1n) is 11.4. The van der Waals surface area contributed by atoms with Gasteiger partial charge in [-0.2, -0.15) is 0 Å². The number of aromatic amines is 1. The van der Waals surface area contributed by atoms with Crippen LogP contribution < -0.4 is 5.56 Å². The van der Waals surface area contributed by atoms with E-state index in [4.69, 9.17) is 0 Å². The Hall–Kier alpha value is -1.66. The van der Waals surface area contributed by atoms with Gasteiger partial charge in [-0.25, -0.2) is 9.50 Å². The summed E-state index contributed by atoms with van der Waals surface area (Å²) in [7, 11) is 0. The van der Waals surface area contributed by atoms with E-state index in [0.717, 1.165) is 55.4 Å². The summed E-state index contributed by atoms with van der Waals surface area (Å²) >= 11 is 0. The third-order valence-corrected chi connectivity index (χ3v) is 6.78. The van der Waals surface area contributed by atoms with E-state index >= 15 is 0 Å². The average molecular weight is 400 g/mol. The van der Waals surface area contributed by atoms with Crippen molar-refractivity contribution in [2.24, 2.45) is 11.3 Å². The number of nitrogens with one attached hydrogen (secondary N) is 1. The lowest BCUT2D eigenvalue weighted by atomic mass is 9.90. The first kappa shape index (κ1) is 20.6. The van der Waals surface area contributed by atoms with Gasteiger partial charge in [-0.3, -0.25) is 9.89 Å². The molecule has 0 unspecified atom stereocenters. The molecule has 4 heterocycles. The fourth-order valence-electron chi connectivity index (χ4n) is 5.16. The highest BCUT2D eigenvalue weighted by Gasteiger charge is 2.31. The van der Waals surface area contributed by atoms with Gasteiger partial charge in [-0.15, -0.1) is 0 Å².